The highest BCUT2D eigenvalue weighted by Crippen LogP contribution is 2.23. The van der Waals surface area contributed by atoms with E-state index in [9.17, 15) is 4.79 Å². The summed E-state index contributed by atoms with van der Waals surface area (Å²) in [5, 5.41) is 3.08. The molecule has 2 rings (SSSR count). The highest BCUT2D eigenvalue weighted by atomic mass is 16.1. The van der Waals surface area contributed by atoms with Crippen molar-refractivity contribution in [2.24, 2.45) is 11.7 Å². The normalized spacial score (nSPS) is 28.6. The van der Waals surface area contributed by atoms with Crippen LogP contribution in [0.5, 0.6) is 0 Å². The SMILES string of the molecule is NC1CCCC(C(=O)NCCC2=CCCCC2)C1. The molecule has 102 valence electrons. The third kappa shape index (κ3) is 4.13. The maximum atomic E-state index is 12.0. The first-order valence-corrected chi connectivity index (χ1v) is 7.47. The van der Waals surface area contributed by atoms with E-state index in [-0.39, 0.29) is 17.9 Å². The Morgan fingerprint density at radius 3 is 2.94 bits per heavy atom. The van der Waals surface area contributed by atoms with Gasteiger partial charge in [-0.25, -0.2) is 0 Å². The highest BCUT2D eigenvalue weighted by molar-refractivity contribution is 5.78. The minimum absolute atomic E-state index is 0.161. The quantitative estimate of drug-likeness (QED) is 0.753. The average molecular weight is 250 g/mol. The Kier molecular flexibility index (Phi) is 5.24. The van der Waals surface area contributed by atoms with Crippen LogP contribution in [0, 0.1) is 5.92 Å². The molecule has 0 radical (unpaired) electrons. The number of carbonyl (C=O) groups excluding carboxylic acids is 1. The summed E-state index contributed by atoms with van der Waals surface area (Å²) < 4.78 is 0. The van der Waals surface area contributed by atoms with Gasteiger partial charge < -0.3 is 11.1 Å². The van der Waals surface area contributed by atoms with Crippen molar-refractivity contribution in [3.05, 3.63) is 11.6 Å². The molecule has 3 nitrogen and oxygen atoms in total. The molecule has 0 heterocycles. The molecule has 0 spiro atoms. The summed E-state index contributed by atoms with van der Waals surface area (Å²) in [7, 11) is 0. The Labute approximate surface area is 110 Å². The zero-order valence-electron chi connectivity index (χ0n) is 11.3. The molecule has 1 amide bonds. The Hall–Kier alpha value is -0.830. The molecule has 0 aromatic carbocycles. The fourth-order valence-corrected chi connectivity index (χ4v) is 3.09. The monoisotopic (exact) mass is 250 g/mol. The molecule has 0 saturated heterocycles. The molecule has 18 heavy (non-hydrogen) atoms. The van der Waals surface area contributed by atoms with Crippen molar-refractivity contribution < 1.29 is 4.79 Å². The Balaban J connectivity index is 1.66. The fraction of sp³-hybridized carbons (Fsp3) is 0.800. The van der Waals surface area contributed by atoms with Crippen LogP contribution in [0.25, 0.3) is 0 Å². The van der Waals surface area contributed by atoms with E-state index in [1.165, 1.54) is 31.3 Å². The molecule has 0 aromatic rings. The van der Waals surface area contributed by atoms with Gasteiger partial charge in [0, 0.05) is 18.5 Å². The minimum Gasteiger partial charge on any atom is -0.356 e. The van der Waals surface area contributed by atoms with Crippen LogP contribution < -0.4 is 11.1 Å². The van der Waals surface area contributed by atoms with E-state index in [0.717, 1.165) is 38.6 Å². The van der Waals surface area contributed by atoms with Crippen molar-refractivity contribution in [1.29, 1.82) is 0 Å². The number of nitrogens with one attached hydrogen (secondary N) is 1. The molecule has 2 atom stereocenters. The number of allylic oxidation sites excluding steroid dienone is 1. The molecule has 2 aliphatic rings. The number of amides is 1. The molecule has 3 heteroatoms. The Bertz CT molecular complexity index is 312. The second kappa shape index (κ2) is 6.93. The van der Waals surface area contributed by atoms with Gasteiger partial charge in [-0.15, -0.1) is 0 Å². The van der Waals surface area contributed by atoms with Crippen LogP contribution in [0.2, 0.25) is 0 Å². The molecule has 1 fully saturated rings. The van der Waals surface area contributed by atoms with Gasteiger partial charge in [-0.05, 0) is 51.4 Å². The Morgan fingerprint density at radius 2 is 2.22 bits per heavy atom. The first kappa shape index (κ1) is 13.6. The van der Waals surface area contributed by atoms with Crippen molar-refractivity contribution in [3.63, 3.8) is 0 Å². The summed E-state index contributed by atoms with van der Waals surface area (Å²) in [6.45, 7) is 0.802. The molecule has 0 bridgehead atoms. The molecule has 2 unspecified atom stereocenters. The summed E-state index contributed by atoms with van der Waals surface area (Å²) in [4.78, 5) is 12.0. The lowest BCUT2D eigenvalue weighted by Crippen LogP contribution is -2.38. The summed E-state index contributed by atoms with van der Waals surface area (Å²) in [6, 6.07) is 0.232. The zero-order chi connectivity index (χ0) is 12.8. The third-order valence-corrected chi connectivity index (χ3v) is 4.22. The highest BCUT2D eigenvalue weighted by Gasteiger charge is 2.24. The summed E-state index contributed by atoms with van der Waals surface area (Å²) in [6.07, 6.45) is 12.5. The van der Waals surface area contributed by atoms with Crippen LogP contribution in [0.4, 0.5) is 0 Å². The van der Waals surface area contributed by atoms with Crippen LogP contribution in [-0.2, 0) is 4.79 Å². The molecule has 3 N–H and O–H groups in total. The van der Waals surface area contributed by atoms with Crippen molar-refractivity contribution >= 4 is 5.91 Å². The van der Waals surface area contributed by atoms with Crippen LogP contribution in [-0.4, -0.2) is 18.5 Å². The maximum absolute atomic E-state index is 12.0. The van der Waals surface area contributed by atoms with Crippen molar-refractivity contribution in [1.82, 2.24) is 5.32 Å². The van der Waals surface area contributed by atoms with Crippen LogP contribution in [0.15, 0.2) is 11.6 Å². The van der Waals surface area contributed by atoms with Gasteiger partial charge in [0.15, 0.2) is 0 Å². The number of carbonyl (C=O) groups is 1. The zero-order valence-corrected chi connectivity index (χ0v) is 11.3. The molecular formula is C15H26N2O. The average Bonchev–Trinajstić information content (AvgIpc) is 2.40. The van der Waals surface area contributed by atoms with Crippen LogP contribution in [0.3, 0.4) is 0 Å². The lowest BCUT2D eigenvalue weighted by Gasteiger charge is -2.25. The van der Waals surface area contributed by atoms with Gasteiger partial charge in [0.1, 0.15) is 0 Å². The van der Waals surface area contributed by atoms with Crippen molar-refractivity contribution in [3.8, 4) is 0 Å². The fourth-order valence-electron chi connectivity index (χ4n) is 3.09. The number of hydrogen-bond donors (Lipinski definition) is 2. The molecule has 0 aliphatic heterocycles. The largest absolute Gasteiger partial charge is 0.356 e. The van der Waals surface area contributed by atoms with E-state index < -0.39 is 0 Å². The van der Waals surface area contributed by atoms with E-state index in [1.54, 1.807) is 0 Å². The van der Waals surface area contributed by atoms with Gasteiger partial charge in [-0.2, -0.15) is 0 Å². The van der Waals surface area contributed by atoms with Gasteiger partial charge in [0.05, 0.1) is 0 Å². The van der Waals surface area contributed by atoms with Crippen molar-refractivity contribution in [2.45, 2.75) is 63.8 Å². The van der Waals surface area contributed by atoms with Crippen molar-refractivity contribution in [2.75, 3.05) is 6.54 Å². The smallest absolute Gasteiger partial charge is 0.223 e. The maximum Gasteiger partial charge on any atom is 0.223 e. The molecule has 2 aliphatic carbocycles. The lowest BCUT2D eigenvalue weighted by molar-refractivity contribution is -0.126. The number of nitrogens with two attached hydrogens (primary N) is 1. The summed E-state index contributed by atoms with van der Waals surface area (Å²) in [5.41, 5.74) is 7.45. The van der Waals surface area contributed by atoms with Gasteiger partial charge in [0.25, 0.3) is 0 Å². The molecule has 1 saturated carbocycles. The van der Waals surface area contributed by atoms with Gasteiger partial charge in [-0.1, -0.05) is 18.1 Å². The molecular weight excluding hydrogens is 224 g/mol. The van der Waals surface area contributed by atoms with E-state index in [1.807, 2.05) is 0 Å². The van der Waals surface area contributed by atoms with Crippen LogP contribution in [0.1, 0.15) is 57.8 Å². The van der Waals surface area contributed by atoms with Crippen LogP contribution >= 0.6 is 0 Å². The van der Waals surface area contributed by atoms with Gasteiger partial charge in [0.2, 0.25) is 5.91 Å². The topological polar surface area (TPSA) is 55.1 Å². The molecule has 0 aromatic heterocycles. The minimum atomic E-state index is 0.161. The van der Waals surface area contributed by atoms with E-state index in [4.69, 9.17) is 5.73 Å². The number of hydrogen-bond acceptors (Lipinski definition) is 2. The third-order valence-electron chi connectivity index (χ3n) is 4.22. The van der Waals surface area contributed by atoms with Gasteiger partial charge >= 0.3 is 0 Å². The predicted octanol–water partition coefficient (Wildman–Crippen LogP) is 2.51. The van der Waals surface area contributed by atoms with E-state index in [0.29, 0.717) is 0 Å². The predicted molar refractivity (Wildman–Crippen MR) is 74.1 cm³/mol. The Morgan fingerprint density at radius 1 is 1.33 bits per heavy atom. The second-order valence-corrected chi connectivity index (χ2v) is 5.77. The standard InChI is InChI=1S/C15H26N2O/c16-14-8-4-7-13(11-14)15(18)17-10-9-12-5-2-1-3-6-12/h5,13-14H,1-4,6-11,16H2,(H,17,18). The first-order chi connectivity index (χ1) is 8.75. The van der Waals surface area contributed by atoms with Gasteiger partial charge in [-0.3, -0.25) is 4.79 Å². The van der Waals surface area contributed by atoms with E-state index >= 15 is 0 Å². The van der Waals surface area contributed by atoms with E-state index in [2.05, 4.69) is 11.4 Å². The lowest BCUT2D eigenvalue weighted by atomic mass is 9.85. The summed E-state index contributed by atoms with van der Waals surface area (Å²) in [5.74, 6) is 0.385. The second-order valence-electron chi connectivity index (χ2n) is 5.77. The number of rotatable bonds is 4. The first-order valence-electron chi connectivity index (χ1n) is 7.47. The summed E-state index contributed by atoms with van der Waals surface area (Å²) >= 11 is 0.